The van der Waals surface area contributed by atoms with Crippen molar-refractivity contribution in [3.63, 3.8) is 0 Å². The molecule has 1 fully saturated rings. The van der Waals surface area contributed by atoms with Gasteiger partial charge < -0.3 is 21.2 Å². The smallest absolute Gasteiger partial charge is 0.142 e. The van der Waals surface area contributed by atoms with Crippen LogP contribution < -0.4 is 16.4 Å². The molecule has 0 bridgehead atoms. The van der Waals surface area contributed by atoms with Gasteiger partial charge in [0.1, 0.15) is 6.29 Å². The predicted octanol–water partition coefficient (Wildman–Crippen LogP) is 1.29. The highest BCUT2D eigenvalue weighted by molar-refractivity contribution is 5.68. The summed E-state index contributed by atoms with van der Waals surface area (Å²) in [6.07, 6.45) is 4.23. The summed E-state index contributed by atoms with van der Waals surface area (Å²) in [7, 11) is 0. The SMILES string of the molecule is NCc1cc(N2CCCCC2C=O)ccc1N. The quantitative estimate of drug-likeness (QED) is 0.609. The van der Waals surface area contributed by atoms with Crippen LogP contribution in [0.25, 0.3) is 0 Å². The van der Waals surface area contributed by atoms with Crippen molar-refractivity contribution in [1.82, 2.24) is 0 Å². The summed E-state index contributed by atoms with van der Waals surface area (Å²) in [5.74, 6) is 0. The van der Waals surface area contributed by atoms with Gasteiger partial charge in [-0.05, 0) is 43.0 Å². The maximum Gasteiger partial charge on any atom is 0.142 e. The molecule has 1 aromatic carbocycles. The summed E-state index contributed by atoms with van der Waals surface area (Å²) >= 11 is 0. The number of rotatable bonds is 3. The molecular weight excluding hydrogens is 214 g/mol. The van der Waals surface area contributed by atoms with Crippen LogP contribution in [0.3, 0.4) is 0 Å². The van der Waals surface area contributed by atoms with Crippen LogP contribution in [0.15, 0.2) is 18.2 Å². The van der Waals surface area contributed by atoms with Crippen LogP contribution in [0.5, 0.6) is 0 Å². The van der Waals surface area contributed by atoms with E-state index in [1.54, 1.807) is 0 Å². The number of carbonyl (C=O) groups is 1. The van der Waals surface area contributed by atoms with Crippen LogP contribution in [0.4, 0.5) is 11.4 Å². The van der Waals surface area contributed by atoms with E-state index in [1.807, 2.05) is 18.2 Å². The minimum absolute atomic E-state index is 0.00185. The molecule has 0 spiro atoms. The van der Waals surface area contributed by atoms with E-state index in [2.05, 4.69) is 4.90 Å². The lowest BCUT2D eigenvalue weighted by Crippen LogP contribution is -2.40. The van der Waals surface area contributed by atoms with Gasteiger partial charge in [-0.25, -0.2) is 0 Å². The van der Waals surface area contributed by atoms with Crippen molar-refractivity contribution >= 4 is 17.7 Å². The number of piperidine rings is 1. The molecule has 1 aliphatic rings. The lowest BCUT2D eigenvalue weighted by atomic mass is 10.0. The topological polar surface area (TPSA) is 72.3 Å². The minimum Gasteiger partial charge on any atom is -0.398 e. The van der Waals surface area contributed by atoms with E-state index in [1.165, 1.54) is 0 Å². The first-order valence-corrected chi connectivity index (χ1v) is 6.06. The lowest BCUT2D eigenvalue weighted by molar-refractivity contribution is -0.109. The van der Waals surface area contributed by atoms with Gasteiger partial charge in [0, 0.05) is 24.5 Å². The molecule has 0 amide bonds. The van der Waals surface area contributed by atoms with Crippen LogP contribution in [0, 0.1) is 0 Å². The number of anilines is 2. The molecule has 1 saturated heterocycles. The van der Waals surface area contributed by atoms with E-state index in [-0.39, 0.29) is 6.04 Å². The Morgan fingerprint density at radius 1 is 1.41 bits per heavy atom. The second-order valence-electron chi connectivity index (χ2n) is 4.48. The van der Waals surface area contributed by atoms with Gasteiger partial charge >= 0.3 is 0 Å². The number of hydrogen-bond acceptors (Lipinski definition) is 4. The number of aldehydes is 1. The number of nitrogens with two attached hydrogens (primary N) is 2. The molecule has 4 nitrogen and oxygen atoms in total. The van der Waals surface area contributed by atoms with Gasteiger partial charge in [0.05, 0.1) is 6.04 Å². The third-order valence-electron chi connectivity index (χ3n) is 3.38. The summed E-state index contributed by atoms with van der Waals surface area (Å²) < 4.78 is 0. The Bertz CT molecular complexity index is 406. The zero-order valence-corrected chi connectivity index (χ0v) is 9.93. The van der Waals surface area contributed by atoms with Crippen LogP contribution in [-0.4, -0.2) is 18.9 Å². The zero-order chi connectivity index (χ0) is 12.3. The summed E-state index contributed by atoms with van der Waals surface area (Å²) in [4.78, 5) is 13.2. The molecule has 0 aliphatic carbocycles. The Morgan fingerprint density at radius 2 is 2.24 bits per heavy atom. The highest BCUT2D eigenvalue weighted by Crippen LogP contribution is 2.26. The fourth-order valence-corrected chi connectivity index (χ4v) is 2.37. The zero-order valence-electron chi connectivity index (χ0n) is 9.93. The monoisotopic (exact) mass is 233 g/mol. The van der Waals surface area contributed by atoms with Crippen molar-refractivity contribution in [3.8, 4) is 0 Å². The van der Waals surface area contributed by atoms with Crippen LogP contribution >= 0.6 is 0 Å². The fourth-order valence-electron chi connectivity index (χ4n) is 2.37. The number of hydrogen-bond donors (Lipinski definition) is 2. The largest absolute Gasteiger partial charge is 0.398 e. The average molecular weight is 233 g/mol. The molecule has 4 heteroatoms. The maximum atomic E-state index is 11.1. The second kappa shape index (κ2) is 5.19. The lowest BCUT2D eigenvalue weighted by Gasteiger charge is -2.34. The van der Waals surface area contributed by atoms with Gasteiger partial charge in [-0.3, -0.25) is 0 Å². The van der Waals surface area contributed by atoms with Gasteiger partial charge in [0.25, 0.3) is 0 Å². The van der Waals surface area contributed by atoms with Gasteiger partial charge in [-0.2, -0.15) is 0 Å². The summed E-state index contributed by atoms with van der Waals surface area (Å²) in [5, 5.41) is 0. The van der Waals surface area contributed by atoms with Crippen molar-refractivity contribution < 1.29 is 4.79 Å². The first-order valence-electron chi connectivity index (χ1n) is 6.06. The van der Waals surface area contributed by atoms with Crippen LogP contribution in [0.1, 0.15) is 24.8 Å². The Balaban J connectivity index is 2.28. The number of benzene rings is 1. The van der Waals surface area contributed by atoms with Crippen molar-refractivity contribution in [1.29, 1.82) is 0 Å². The summed E-state index contributed by atoms with van der Waals surface area (Å²) in [6.45, 7) is 1.36. The fraction of sp³-hybridized carbons (Fsp3) is 0.462. The highest BCUT2D eigenvalue weighted by atomic mass is 16.1. The van der Waals surface area contributed by atoms with E-state index in [0.29, 0.717) is 6.54 Å². The Labute approximate surface area is 102 Å². The van der Waals surface area contributed by atoms with Crippen molar-refractivity contribution in [3.05, 3.63) is 23.8 Å². The Kier molecular flexibility index (Phi) is 3.64. The summed E-state index contributed by atoms with van der Waals surface area (Å²) in [6, 6.07) is 5.83. The molecule has 92 valence electrons. The minimum atomic E-state index is -0.00185. The molecule has 4 N–H and O–H groups in total. The Morgan fingerprint density at radius 3 is 2.94 bits per heavy atom. The Hall–Kier alpha value is -1.55. The van der Waals surface area contributed by atoms with E-state index in [0.717, 1.165) is 49.0 Å². The molecule has 1 unspecified atom stereocenters. The molecular formula is C13H19N3O. The second-order valence-corrected chi connectivity index (χ2v) is 4.48. The van der Waals surface area contributed by atoms with Gasteiger partial charge in [0.15, 0.2) is 0 Å². The third-order valence-corrected chi connectivity index (χ3v) is 3.38. The average Bonchev–Trinajstić information content (AvgIpc) is 2.39. The van der Waals surface area contributed by atoms with Crippen LogP contribution in [-0.2, 0) is 11.3 Å². The first kappa shape index (κ1) is 11.9. The molecule has 17 heavy (non-hydrogen) atoms. The van der Waals surface area contributed by atoms with Gasteiger partial charge in [-0.15, -0.1) is 0 Å². The molecule has 1 atom stereocenters. The molecule has 2 rings (SSSR count). The van der Waals surface area contributed by atoms with Crippen molar-refractivity contribution in [2.75, 3.05) is 17.2 Å². The van der Waals surface area contributed by atoms with Crippen molar-refractivity contribution in [2.45, 2.75) is 31.8 Å². The molecule has 1 aromatic rings. The molecule has 1 aliphatic heterocycles. The highest BCUT2D eigenvalue weighted by Gasteiger charge is 2.22. The standard InChI is InChI=1S/C13H19N3O/c14-8-10-7-11(4-5-13(10)15)16-6-2-1-3-12(16)9-17/h4-5,7,9,12H,1-3,6,8,14-15H2. The molecule has 1 heterocycles. The van der Waals surface area contributed by atoms with E-state index in [9.17, 15) is 4.79 Å². The van der Waals surface area contributed by atoms with E-state index in [4.69, 9.17) is 11.5 Å². The molecule has 0 radical (unpaired) electrons. The molecule has 0 saturated carbocycles. The number of nitrogens with zero attached hydrogens (tertiary/aromatic N) is 1. The third kappa shape index (κ3) is 2.42. The first-order chi connectivity index (χ1) is 8.26. The van der Waals surface area contributed by atoms with Crippen LogP contribution in [0.2, 0.25) is 0 Å². The predicted molar refractivity (Wildman–Crippen MR) is 69.8 cm³/mol. The number of carbonyl (C=O) groups excluding carboxylic acids is 1. The number of nitrogen functional groups attached to an aromatic ring is 1. The molecule has 0 aromatic heterocycles. The summed E-state index contributed by atoms with van der Waals surface area (Å²) in [5.41, 5.74) is 14.2. The van der Waals surface area contributed by atoms with Crippen molar-refractivity contribution in [2.24, 2.45) is 5.73 Å². The van der Waals surface area contributed by atoms with Gasteiger partial charge in [-0.1, -0.05) is 0 Å². The van der Waals surface area contributed by atoms with E-state index < -0.39 is 0 Å². The van der Waals surface area contributed by atoms with E-state index >= 15 is 0 Å². The normalized spacial score (nSPS) is 20.3. The maximum absolute atomic E-state index is 11.1. The van der Waals surface area contributed by atoms with Gasteiger partial charge in [0.2, 0.25) is 0 Å².